The lowest BCUT2D eigenvalue weighted by Crippen LogP contribution is -2.23. The van der Waals surface area contributed by atoms with Crippen molar-refractivity contribution in [2.45, 2.75) is 24.8 Å². The number of hydrogen-bond donors (Lipinski definition) is 1. The van der Waals surface area contributed by atoms with Gasteiger partial charge < -0.3 is 9.84 Å². The molecule has 1 aromatic rings. The first-order valence-corrected chi connectivity index (χ1v) is 6.57. The van der Waals surface area contributed by atoms with Gasteiger partial charge in [-0.15, -0.1) is 0 Å². The standard InChI is InChI=1S/C12H16O4S/c1-9-3-5-12(6-4-9)17(15)8-11(14)7-16-10(2)13/h3-6,11,14H,7-8H2,1-2H3. The molecule has 5 heteroatoms. The third-order valence-electron chi connectivity index (χ3n) is 2.11. The molecule has 2 atom stereocenters. The maximum absolute atomic E-state index is 11.8. The molecule has 0 radical (unpaired) electrons. The minimum Gasteiger partial charge on any atom is -0.463 e. The van der Waals surface area contributed by atoms with E-state index in [9.17, 15) is 14.1 Å². The number of ether oxygens (including phenoxy) is 1. The third-order valence-corrected chi connectivity index (χ3v) is 3.59. The predicted molar refractivity (Wildman–Crippen MR) is 65.1 cm³/mol. The summed E-state index contributed by atoms with van der Waals surface area (Å²) in [4.78, 5) is 11.2. The van der Waals surface area contributed by atoms with Crippen LogP contribution in [0.2, 0.25) is 0 Å². The summed E-state index contributed by atoms with van der Waals surface area (Å²) in [5.74, 6) is -0.388. The van der Waals surface area contributed by atoms with Crippen molar-refractivity contribution in [2.24, 2.45) is 0 Å². The second kappa shape index (κ2) is 6.51. The molecule has 0 heterocycles. The Morgan fingerprint density at radius 3 is 2.53 bits per heavy atom. The van der Waals surface area contributed by atoms with E-state index in [0.717, 1.165) is 5.56 Å². The van der Waals surface area contributed by atoms with E-state index in [-0.39, 0.29) is 12.4 Å². The van der Waals surface area contributed by atoms with Gasteiger partial charge in [0.25, 0.3) is 0 Å². The Balaban J connectivity index is 2.48. The van der Waals surface area contributed by atoms with Crippen LogP contribution in [0.15, 0.2) is 29.2 Å². The Labute approximate surface area is 103 Å². The van der Waals surface area contributed by atoms with Crippen LogP contribution in [0.3, 0.4) is 0 Å². The lowest BCUT2D eigenvalue weighted by Gasteiger charge is -2.10. The van der Waals surface area contributed by atoms with E-state index in [1.807, 2.05) is 19.1 Å². The van der Waals surface area contributed by atoms with E-state index in [4.69, 9.17) is 0 Å². The Bertz CT molecular complexity index is 399. The van der Waals surface area contributed by atoms with Gasteiger partial charge in [0, 0.05) is 11.8 Å². The summed E-state index contributed by atoms with van der Waals surface area (Å²) in [6, 6.07) is 7.27. The molecule has 0 fully saturated rings. The van der Waals surface area contributed by atoms with Crippen LogP contribution in [-0.2, 0) is 20.3 Å². The zero-order chi connectivity index (χ0) is 12.8. The molecular formula is C12H16O4S. The average Bonchev–Trinajstić information content (AvgIpc) is 2.27. The Morgan fingerprint density at radius 1 is 1.41 bits per heavy atom. The van der Waals surface area contributed by atoms with Crippen molar-refractivity contribution in [3.63, 3.8) is 0 Å². The minimum absolute atomic E-state index is 0.0658. The maximum Gasteiger partial charge on any atom is 0.302 e. The highest BCUT2D eigenvalue weighted by Crippen LogP contribution is 2.09. The summed E-state index contributed by atoms with van der Waals surface area (Å²) in [7, 11) is -1.28. The van der Waals surface area contributed by atoms with Crippen LogP contribution in [0.25, 0.3) is 0 Å². The second-order valence-corrected chi connectivity index (χ2v) is 5.28. The molecule has 2 unspecified atom stereocenters. The second-order valence-electron chi connectivity index (χ2n) is 3.78. The van der Waals surface area contributed by atoms with Crippen molar-refractivity contribution in [3.8, 4) is 0 Å². The summed E-state index contributed by atoms with van der Waals surface area (Å²) in [6.45, 7) is 3.10. The first-order chi connectivity index (χ1) is 7.99. The first-order valence-electron chi connectivity index (χ1n) is 5.25. The molecule has 94 valence electrons. The van der Waals surface area contributed by atoms with E-state index in [0.29, 0.717) is 4.90 Å². The number of aliphatic hydroxyl groups excluding tert-OH is 1. The molecule has 0 aliphatic carbocycles. The van der Waals surface area contributed by atoms with Crippen LogP contribution in [0.1, 0.15) is 12.5 Å². The fourth-order valence-corrected chi connectivity index (χ4v) is 2.30. The number of benzene rings is 1. The molecule has 0 bridgehead atoms. The van der Waals surface area contributed by atoms with E-state index in [2.05, 4.69) is 4.74 Å². The highest BCUT2D eigenvalue weighted by molar-refractivity contribution is 7.85. The average molecular weight is 256 g/mol. The number of carbonyl (C=O) groups is 1. The lowest BCUT2D eigenvalue weighted by molar-refractivity contribution is -0.143. The van der Waals surface area contributed by atoms with Crippen molar-refractivity contribution in [1.29, 1.82) is 0 Å². The predicted octanol–water partition coefficient (Wildman–Crippen LogP) is 1.03. The summed E-state index contributed by atoms with van der Waals surface area (Å²) < 4.78 is 16.5. The highest BCUT2D eigenvalue weighted by atomic mass is 32.2. The zero-order valence-corrected chi connectivity index (χ0v) is 10.7. The van der Waals surface area contributed by atoms with Gasteiger partial charge in [-0.05, 0) is 19.1 Å². The smallest absolute Gasteiger partial charge is 0.302 e. The van der Waals surface area contributed by atoms with Gasteiger partial charge in [0.2, 0.25) is 0 Å². The molecule has 0 amide bonds. The topological polar surface area (TPSA) is 63.6 Å². The maximum atomic E-state index is 11.8. The number of rotatable bonds is 5. The van der Waals surface area contributed by atoms with Gasteiger partial charge >= 0.3 is 5.97 Å². The van der Waals surface area contributed by atoms with Gasteiger partial charge in [-0.3, -0.25) is 9.00 Å². The molecule has 0 saturated heterocycles. The van der Waals surface area contributed by atoms with Gasteiger partial charge in [-0.25, -0.2) is 0 Å². The van der Waals surface area contributed by atoms with Crippen LogP contribution in [0.5, 0.6) is 0 Å². The molecule has 0 saturated carbocycles. The van der Waals surface area contributed by atoms with Crippen molar-refractivity contribution in [2.75, 3.05) is 12.4 Å². The number of carbonyl (C=O) groups excluding carboxylic acids is 1. The highest BCUT2D eigenvalue weighted by Gasteiger charge is 2.12. The minimum atomic E-state index is -1.28. The molecule has 0 aliphatic heterocycles. The summed E-state index contributed by atoms with van der Waals surface area (Å²) in [5.41, 5.74) is 1.09. The molecule has 0 aliphatic rings. The van der Waals surface area contributed by atoms with E-state index < -0.39 is 22.9 Å². The van der Waals surface area contributed by atoms with Crippen molar-refractivity contribution < 1.29 is 18.8 Å². The van der Waals surface area contributed by atoms with Crippen LogP contribution in [0, 0.1) is 6.92 Å². The van der Waals surface area contributed by atoms with Crippen LogP contribution in [-0.4, -0.2) is 33.7 Å². The fraction of sp³-hybridized carbons (Fsp3) is 0.417. The monoisotopic (exact) mass is 256 g/mol. The van der Waals surface area contributed by atoms with Gasteiger partial charge in [-0.2, -0.15) is 0 Å². The number of aliphatic hydroxyl groups is 1. The molecule has 0 spiro atoms. The lowest BCUT2D eigenvalue weighted by atomic mass is 10.2. The van der Waals surface area contributed by atoms with Crippen LogP contribution >= 0.6 is 0 Å². The van der Waals surface area contributed by atoms with Crippen LogP contribution in [0.4, 0.5) is 0 Å². The number of aryl methyl sites for hydroxylation is 1. The van der Waals surface area contributed by atoms with Crippen molar-refractivity contribution in [3.05, 3.63) is 29.8 Å². The van der Waals surface area contributed by atoms with E-state index in [1.54, 1.807) is 12.1 Å². The largest absolute Gasteiger partial charge is 0.463 e. The molecule has 4 nitrogen and oxygen atoms in total. The molecule has 0 aromatic heterocycles. The van der Waals surface area contributed by atoms with Gasteiger partial charge in [0.1, 0.15) is 6.61 Å². The van der Waals surface area contributed by atoms with Gasteiger partial charge in [-0.1, -0.05) is 17.7 Å². The van der Waals surface area contributed by atoms with Gasteiger partial charge in [0.15, 0.2) is 0 Å². The molecule has 1 aromatic carbocycles. The number of esters is 1. The molecule has 1 rings (SSSR count). The Hall–Kier alpha value is -1.20. The molecular weight excluding hydrogens is 240 g/mol. The third kappa shape index (κ3) is 5.10. The fourth-order valence-electron chi connectivity index (χ4n) is 1.22. The quantitative estimate of drug-likeness (QED) is 0.799. The summed E-state index contributed by atoms with van der Waals surface area (Å²) in [5, 5.41) is 9.51. The molecule has 17 heavy (non-hydrogen) atoms. The van der Waals surface area contributed by atoms with Crippen molar-refractivity contribution in [1.82, 2.24) is 0 Å². The zero-order valence-electron chi connectivity index (χ0n) is 9.88. The SMILES string of the molecule is CC(=O)OCC(O)CS(=O)c1ccc(C)cc1. The Kier molecular flexibility index (Phi) is 5.31. The summed E-state index contributed by atoms with van der Waals surface area (Å²) in [6.07, 6.45) is -0.902. The molecule has 1 N–H and O–H groups in total. The van der Waals surface area contributed by atoms with Crippen molar-refractivity contribution >= 4 is 16.8 Å². The normalized spacial score (nSPS) is 14.1. The van der Waals surface area contributed by atoms with Crippen LogP contribution < -0.4 is 0 Å². The first kappa shape index (κ1) is 13.9. The Morgan fingerprint density at radius 2 is 2.00 bits per heavy atom. The summed E-state index contributed by atoms with van der Waals surface area (Å²) >= 11 is 0. The van der Waals surface area contributed by atoms with Gasteiger partial charge in [0.05, 0.1) is 22.7 Å². The van der Waals surface area contributed by atoms with E-state index >= 15 is 0 Å². The van der Waals surface area contributed by atoms with E-state index in [1.165, 1.54) is 6.92 Å². The number of hydrogen-bond acceptors (Lipinski definition) is 4.